The molecular formula is C20H20Cl2N2O2. The van der Waals surface area contributed by atoms with Crippen molar-refractivity contribution in [2.45, 2.75) is 32.4 Å². The normalized spacial score (nSPS) is 16.1. The van der Waals surface area contributed by atoms with Crippen LogP contribution in [0.2, 0.25) is 10.0 Å². The molecule has 2 aromatic carbocycles. The van der Waals surface area contributed by atoms with Gasteiger partial charge in [0, 0.05) is 35.0 Å². The molecule has 0 spiro atoms. The number of rotatable bonds is 6. The molecule has 0 saturated heterocycles. The molecule has 0 unspecified atom stereocenters. The quantitative estimate of drug-likeness (QED) is 0.701. The molecule has 0 radical (unpaired) electrons. The van der Waals surface area contributed by atoms with Gasteiger partial charge in [0.15, 0.2) is 6.10 Å². The van der Waals surface area contributed by atoms with Gasteiger partial charge in [-0.05, 0) is 17.7 Å². The van der Waals surface area contributed by atoms with E-state index in [4.69, 9.17) is 28.0 Å². The van der Waals surface area contributed by atoms with E-state index in [-0.39, 0.29) is 12.0 Å². The van der Waals surface area contributed by atoms with Gasteiger partial charge in [0.25, 0.3) is 0 Å². The Morgan fingerprint density at radius 2 is 1.85 bits per heavy atom. The number of nitrogens with zero attached hydrogens (tertiary/aromatic N) is 2. The second-order valence-electron chi connectivity index (χ2n) is 6.17. The molecule has 0 fully saturated rings. The van der Waals surface area contributed by atoms with Crippen molar-refractivity contribution in [2.24, 2.45) is 5.16 Å². The lowest BCUT2D eigenvalue weighted by Gasteiger charge is -2.25. The van der Waals surface area contributed by atoms with E-state index in [2.05, 4.69) is 5.16 Å². The molecule has 1 atom stereocenters. The molecule has 1 aliphatic heterocycles. The first kappa shape index (κ1) is 18.7. The summed E-state index contributed by atoms with van der Waals surface area (Å²) in [5, 5.41) is 5.48. The maximum atomic E-state index is 12.4. The fraction of sp³-hybridized carbons (Fsp3) is 0.300. The third kappa shape index (κ3) is 4.37. The van der Waals surface area contributed by atoms with E-state index in [0.717, 1.165) is 16.8 Å². The van der Waals surface area contributed by atoms with Crippen LogP contribution in [-0.4, -0.2) is 29.2 Å². The SMILES string of the molecule is CCC(=O)N(Cc1ccccc1Cl)C[C@H]1CC(c2ccccc2Cl)=NO1. The summed E-state index contributed by atoms with van der Waals surface area (Å²) < 4.78 is 0. The highest BCUT2D eigenvalue weighted by atomic mass is 35.5. The van der Waals surface area contributed by atoms with Crippen molar-refractivity contribution in [3.8, 4) is 0 Å². The highest BCUT2D eigenvalue weighted by molar-refractivity contribution is 6.34. The lowest BCUT2D eigenvalue weighted by Crippen LogP contribution is -2.37. The lowest BCUT2D eigenvalue weighted by molar-refractivity contribution is -0.133. The van der Waals surface area contributed by atoms with Gasteiger partial charge in [-0.25, -0.2) is 0 Å². The smallest absolute Gasteiger partial charge is 0.222 e. The van der Waals surface area contributed by atoms with E-state index >= 15 is 0 Å². The summed E-state index contributed by atoms with van der Waals surface area (Å²) in [6.07, 6.45) is 0.842. The van der Waals surface area contributed by atoms with Crippen molar-refractivity contribution >= 4 is 34.8 Å². The standard InChI is InChI=1S/C20H20Cl2N2O2/c1-2-20(25)24(12-14-7-3-5-9-17(14)21)13-15-11-19(23-26-15)16-8-4-6-10-18(16)22/h3-10,15H,2,11-13H2,1H3/t15-/m1/s1. The fourth-order valence-electron chi connectivity index (χ4n) is 2.94. The Kier molecular flexibility index (Phi) is 6.17. The monoisotopic (exact) mass is 390 g/mol. The van der Waals surface area contributed by atoms with Crippen molar-refractivity contribution in [3.05, 3.63) is 69.7 Å². The average Bonchev–Trinajstić information content (AvgIpc) is 3.11. The highest BCUT2D eigenvalue weighted by Gasteiger charge is 2.27. The van der Waals surface area contributed by atoms with Gasteiger partial charge in [0.1, 0.15) is 0 Å². The van der Waals surface area contributed by atoms with E-state index < -0.39 is 0 Å². The summed E-state index contributed by atoms with van der Waals surface area (Å²) in [4.78, 5) is 19.7. The van der Waals surface area contributed by atoms with Crippen LogP contribution in [-0.2, 0) is 16.2 Å². The Hall–Kier alpha value is -2.04. The van der Waals surface area contributed by atoms with E-state index in [1.54, 1.807) is 4.90 Å². The van der Waals surface area contributed by atoms with Crippen LogP contribution in [0.3, 0.4) is 0 Å². The maximum Gasteiger partial charge on any atom is 0.222 e. The average molecular weight is 391 g/mol. The molecule has 4 nitrogen and oxygen atoms in total. The summed E-state index contributed by atoms with van der Waals surface area (Å²) in [6, 6.07) is 15.1. The van der Waals surface area contributed by atoms with E-state index in [9.17, 15) is 4.79 Å². The van der Waals surface area contributed by atoms with Crippen LogP contribution < -0.4 is 0 Å². The topological polar surface area (TPSA) is 41.9 Å². The Morgan fingerprint density at radius 1 is 1.15 bits per heavy atom. The van der Waals surface area contributed by atoms with Crippen LogP contribution in [0.4, 0.5) is 0 Å². The summed E-state index contributed by atoms with van der Waals surface area (Å²) >= 11 is 12.5. The number of oxime groups is 1. The van der Waals surface area contributed by atoms with E-state index in [1.807, 2.05) is 55.5 Å². The fourth-order valence-corrected chi connectivity index (χ4v) is 3.38. The molecule has 1 heterocycles. The van der Waals surface area contributed by atoms with Crippen molar-refractivity contribution in [2.75, 3.05) is 6.54 Å². The molecule has 0 aromatic heterocycles. The summed E-state index contributed by atoms with van der Waals surface area (Å²) in [5.74, 6) is 0.0553. The Bertz CT molecular complexity index is 823. The van der Waals surface area contributed by atoms with Crippen LogP contribution in [0.5, 0.6) is 0 Å². The first-order valence-corrected chi connectivity index (χ1v) is 9.32. The van der Waals surface area contributed by atoms with Gasteiger partial charge in [-0.3, -0.25) is 4.79 Å². The van der Waals surface area contributed by atoms with Crippen LogP contribution >= 0.6 is 23.2 Å². The number of halogens is 2. The minimum Gasteiger partial charge on any atom is -0.390 e. The van der Waals surface area contributed by atoms with Crippen LogP contribution in [0.15, 0.2) is 53.7 Å². The van der Waals surface area contributed by atoms with Crippen molar-refractivity contribution in [1.82, 2.24) is 4.90 Å². The van der Waals surface area contributed by atoms with Crippen LogP contribution in [0, 0.1) is 0 Å². The first-order chi connectivity index (χ1) is 12.6. The second kappa shape index (κ2) is 8.56. The molecule has 0 aliphatic carbocycles. The van der Waals surface area contributed by atoms with Gasteiger partial charge in [0.2, 0.25) is 5.91 Å². The predicted octanol–water partition coefficient (Wildman–Crippen LogP) is 4.93. The third-order valence-electron chi connectivity index (χ3n) is 4.32. The molecule has 0 N–H and O–H groups in total. The summed E-state index contributed by atoms with van der Waals surface area (Å²) in [5.41, 5.74) is 2.60. The Morgan fingerprint density at radius 3 is 2.54 bits per heavy atom. The Labute approximate surface area is 163 Å². The third-order valence-corrected chi connectivity index (χ3v) is 5.01. The number of amides is 1. The molecule has 3 rings (SSSR count). The second-order valence-corrected chi connectivity index (χ2v) is 6.98. The minimum absolute atomic E-state index is 0.0553. The van der Waals surface area contributed by atoms with Gasteiger partial charge >= 0.3 is 0 Å². The lowest BCUT2D eigenvalue weighted by atomic mass is 10.0. The first-order valence-electron chi connectivity index (χ1n) is 8.57. The Balaban J connectivity index is 1.68. The summed E-state index contributed by atoms with van der Waals surface area (Å²) in [7, 11) is 0. The molecule has 26 heavy (non-hydrogen) atoms. The van der Waals surface area contributed by atoms with E-state index in [1.165, 1.54) is 0 Å². The molecule has 2 aromatic rings. The molecule has 136 valence electrons. The molecule has 0 saturated carbocycles. The van der Waals surface area contributed by atoms with Gasteiger partial charge in [-0.2, -0.15) is 0 Å². The van der Waals surface area contributed by atoms with Crippen molar-refractivity contribution < 1.29 is 9.63 Å². The van der Waals surface area contributed by atoms with Gasteiger partial charge in [-0.15, -0.1) is 0 Å². The van der Waals surface area contributed by atoms with Crippen LogP contribution in [0.25, 0.3) is 0 Å². The van der Waals surface area contributed by atoms with Gasteiger partial charge in [0.05, 0.1) is 12.3 Å². The molecule has 6 heteroatoms. The van der Waals surface area contributed by atoms with Gasteiger partial charge in [-0.1, -0.05) is 71.7 Å². The van der Waals surface area contributed by atoms with Crippen molar-refractivity contribution in [1.29, 1.82) is 0 Å². The molecular weight excluding hydrogens is 371 g/mol. The van der Waals surface area contributed by atoms with E-state index in [0.29, 0.717) is 36.0 Å². The largest absolute Gasteiger partial charge is 0.390 e. The van der Waals surface area contributed by atoms with Gasteiger partial charge < -0.3 is 9.74 Å². The molecule has 1 aliphatic rings. The zero-order chi connectivity index (χ0) is 18.5. The zero-order valence-corrected chi connectivity index (χ0v) is 16.0. The molecule has 1 amide bonds. The number of hydrogen-bond donors (Lipinski definition) is 0. The van der Waals surface area contributed by atoms with Crippen molar-refractivity contribution in [3.63, 3.8) is 0 Å². The maximum absolute atomic E-state index is 12.4. The predicted molar refractivity (Wildman–Crippen MR) is 105 cm³/mol. The number of carbonyl (C=O) groups excluding carboxylic acids is 1. The zero-order valence-electron chi connectivity index (χ0n) is 14.5. The minimum atomic E-state index is -0.195. The highest BCUT2D eigenvalue weighted by Crippen LogP contribution is 2.24. The number of benzene rings is 2. The molecule has 0 bridgehead atoms. The number of hydrogen-bond acceptors (Lipinski definition) is 3. The van der Waals surface area contributed by atoms with Crippen LogP contribution in [0.1, 0.15) is 30.9 Å². The summed E-state index contributed by atoms with van der Waals surface area (Å²) in [6.45, 7) is 2.76. The number of carbonyl (C=O) groups is 1.